The number of aliphatic hydroxyl groups excluding tert-OH is 21. The van der Waals surface area contributed by atoms with Crippen molar-refractivity contribution in [3.63, 3.8) is 0 Å². The Morgan fingerprint density at radius 3 is 1.16 bits per heavy atom. The SMILES string of the molecule is OC[C@H](O)[C@H]1O[C@H](O)[C@@H](O)[C@@H](O[C@H]2O[C@H](CO[C@H]3O[C@H](CO)[C@H](O)[C@H](O)[C@H]3O)[C@@H](O)[C@H](O[C@H]3O[C@H](CO)[C@H](O)[C@H](O)[C@H]3O[C@H]3O[C@H](CO)[C@@H](O)[C@H](O)[C@H]3O[C@H]3O[C@H](CO)[C@@H](O)[C@H](O)[C@H]3O)[C@H]2O)[C@@H]1O. The summed E-state index contributed by atoms with van der Waals surface area (Å²) in [6.07, 6.45) is -62.8. The minimum Gasteiger partial charge on any atom is -0.394 e. The first-order valence-electron chi connectivity index (χ1n) is 21.7. The molecule has 0 aromatic carbocycles. The van der Waals surface area contributed by atoms with Crippen molar-refractivity contribution < 1.29 is 159 Å². The van der Waals surface area contributed by atoms with E-state index in [0.29, 0.717) is 0 Å². The molecule has 32 heteroatoms. The zero-order chi connectivity index (χ0) is 50.9. The van der Waals surface area contributed by atoms with Gasteiger partial charge in [-0.1, -0.05) is 0 Å². The van der Waals surface area contributed by atoms with Crippen molar-refractivity contribution >= 4 is 0 Å². The van der Waals surface area contributed by atoms with E-state index in [2.05, 4.69) is 0 Å². The Kier molecular flexibility index (Phi) is 20.1. The van der Waals surface area contributed by atoms with Gasteiger partial charge in [0.25, 0.3) is 0 Å². The van der Waals surface area contributed by atoms with Gasteiger partial charge >= 0.3 is 0 Å². The predicted octanol–water partition coefficient (Wildman–Crippen LogP) is -14.7. The van der Waals surface area contributed by atoms with Gasteiger partial charge < -0.3 is 159 Å². The lowest BCUT2D eigenvalue weighted by molar-refractivity contribution is -0.408. The third kappa shape index (κ3) is 11.8. The third-order valence-electron chi connectivity index (χ3n) is 12.7. The fourth-order valence-corrected chi connectivity index (χ4v) is 8.58. The lowest BCUT2D eigenvalue weighted by Gasteiger charge is -2.50. The van der Waals surface area contributed by atoms with Gasteiger partial charge in [0.05, 0.1) is 39.6 Å². The molecule has 6 rings (SSSR count). The van der Waals surface area contributed by atoms with Crippen LogP contribution in [-0.2, 0) is 52.1 Å². The third-order valence-corrected chi connectivity index (χ3v) is 12.7. The Morgan fingerprint density at radius 2 is 0.681 bits per heavy atom. The molecular weight excluding hydrogens is 956 g/mol. The maximum Gasteiger partial charge on any atom is 0.187 e. The summed E-state index contributed by atoms with van der Waals surface area (Å²) in [4.78, 5) is 0. The summed E-state index contributed by atoms with van der Waals surface area (Å²) in [6, 6.07) is 0. The maximum absolute atomic E-state index is 11.8. The lowest BCUT2D eigenvalue weighted by atomic mass is 9.94. The average Bonchev–Trinajstić information content (AvgIpc) is 3.34. The predicted molar refractivity (Wildman–Crippen MR) is 205 cm³/mol. The molecule has 31 atom stereocenters. The number of aliphatic hydroxyl groups is 21. The van der Waals surface area contributed by atoms with Gasteiger partial charge in [-0.2, -0.15) is 0 Å². The van der Waals surface area contributed by atoms with Crippen molar-refractivity contribution in [1.29, 1.82) is 0 Å². The number of ether oxygens (including phenoxy) is 11. The highest BCUT2D eigenvalue weighted by molar-refractivity contribution is 5.00. The van der Waals surface area contributed by atoms with Crippen molar-refractivity contribution in [2.75, 3.05) is 39.6 Å². The molecule has 0 saturated carbocycles. The molecular formula is C37H64O32. The summed E-state index contributed by atoms with van der Waals surface area (Å²) in [5.41, 5.74) is 0. The van der Waals surface area contributed by atoms with Gasteiger partial charge in [-0.3, -0.25) is 0 Å². The van der Waals surface area contributed by atoms with Gasteiger partial charge in [0.1, 0.15) is 153 Å². The molecule has 0 unspecified atom stereocenters. The zero-order valence-electron chi connectivity index (χ0n) is 36.0. The van der Waals surface area contributed by atoms with Gasteiger partial charge in [0, 0.05) is 0 Å². The molecule has 21 N–H and O–H groups in total. The van der Waals surface area contributed by atoms with Crippen molar-refractivity contribution in [1.82, 2.24) is 0 Å². The van der Waals surface area contributed by atoms with E-state index in [9.17, 15) is 107 Å². The molecule has 0 spiro atoms. The minimum atomic E-state index is -2.37. The van der Waals surface area contributed by atoms with Gasteiger partial charge in [0.2, 0.25) is 0 Å². The average molecular weight is 1020 g/mol. The van der Waals surface area contributed by atoms with Crippen LogP contribution in [0.2, 0.25) is 0 Å². The van der Waals surface area contributed by atoms with E-state index < -0.39 is 230 Å². The second kappa shape index (κ2) is 24.4. The van der Waals surface area contributed by atoms with E-state index in [1.165, 1.54) is 0 Å². The van der Waals surface area contributed by atoms with Gasteiger partial charge in [-0.15, -0.1) is 0 Å². The smallest absolute Gasteiger partial charge is 0.187 e. The summed E-state index contributed by atoms with van der Waals surface area (Å²) in [6.45, 7) is -5.89. The molecule has 6 heterocycles. The highest BCUT2D eigenvalue weighted by atomic mass is 16.8. The Labute approximate surface area is 389 Å². The summed E-state index contributed by atoms with van der Waals surface area (Å²) in [5.74, 6) is 0. The first kappa shape index (κ1) is 57.0. The first-order valence-corrected chi connectivity index (χ1v) is 21.7. The largest absolute Gasteiger partial charge is 0.394 e. The molecule has 404 valence electrons. The number of rotatable bonds is 17. The van der Waals surface area contributed by atoms with Crippen LogP contribution in [0, 0.1) is 0 Å². The second-order valence-electron chi connectivity index (χ2n) is 17.3. The zero-order valence-corrected chi connectivity index (χ0v) is 36.0. The normalized spacial score (nSPS) is 52.7. The molecule has 6 fully saturated rings. The topological polar surface area (TPSA) is 526 Å². The van der Waals surface area contributed by atoms with E-state index in [1.54, 1.807) is 0 Å². The van der Waals surface area contributed by atoms with Crippen LogP contribution in [0.1, 0.15) is 0 Å². The monoisotopic (exact) mass is 1020 g/mol. The maximum atomic E-state index is 11.8. The van der Waals surface area contributed by atoms with Gasteiger partial charge in [0.15, 0.2) is 37.7 Å². The van der Waals surface area contributed by atoms with Crippen LogP contribution in [0.5, 0.6) is 0 Å². The van der Waals surface area contributed by atoms with Crippen molar-refractivity contribution in [3.05, 3.63) is 0 Å². The van der Waals surface area contributed by atoms with Gasteiger partial charge in [-0.05, 0) is 0 Å². The van der Waals surface area contributed by atoms with Crippen LogP contribution in [0.15, 0.2) is 0 Å². The van der Waals surface area contributed by atoms with Crippen molar-refractivity contribution in [2.45, 2.75) is 190 Å². The standard InChI is InChI=1S/C37H64O32/c38-1-7(43)27-24(55)29(25(56)32(58)65-27)66-35-26(57)28(17(48)12(64-35)6-59-33-22(53)18(49)13(44)8(2-39)60-33)67-36-31(21(52)16(47)10(4-41)62-36)69-37-30(20(51)15(46)11(5-42)63-37)68-34-23(54)19(50)14(45)9(3-40)61-34/h7-58H,1-6H2/t7-,8+,9+,10+,11+,12+,13-,14+,15+,16-,17+,18-,19-,20-,21-,22+,23+,24+,25-,26+,27+,28-,29-,30+,31+,32-,33-,34+,35+,36+,37+/m0/s1. The van der Waals surface area contributed by atoms with E-state index in [-0.39, 0.29) is 0 Å². The fourth-order valence-electron chi connectivity index (χ4n) is 8.58. The molecule has 6 saturated heterocycles. The molecule has 69 heavy (non-hydrogen) atoms. The Balaban J connectivity index is 1.31. The molecule has 0 aromatic rings. The van der Waals surface area contributed by atoms with Crippen LogP contribution in [0.4, 0.5) is 0 Å². The molecule has 0 bridgehead atoms. The Bertz CT molecular complexity index is 1560. The highest BCUT2D eigenvalue weighted by Crippen LogP contribution is 2.37. The van der Waals surface area contributed by atoms with Gasteiger partial charge in [-0.25, -0.2) is 0 Å². The number of hydrogen-bond donors (Lipinski definition) is 21. The minimum absolute atomic E-state index is 0.883. The first-order chi connectivity index (χ1) is 32.6. The Hall–Kier alpha value is -1.28. The molecule has 32 nitrogen and oxygen atoms in total. The lowest BCUT2D eigenvalue weighted by Crippen LogP contribution is -2.69. The van der Waals surface area contributed by atoms with Crippen LogP contribution < -0.4 is 0 Å². The fraction of sp³-hybridized carbons (Fsp3) is 1.00. The summed E-state index contributed by atoms with van der Waals surface area (Å²) in [7, 11) is 0. The van der Waals surface area contributed by atoms with E-state index >= 15 is 0 Å². The quantitative estimate of drug-likeness (QED) is 0.0643. The summed E-state index contributed by atoms with van der Waals surface area (Å²) in [5, 5.41) is 222. The molecule has 6 aliphatic rings. The van der Waals surface area contributed by atoms with Crippen LogP contribution in [-0.4, -0.2) is 337 Å². The summed E-state index contributed by atoms with van der Waals surface area (Å²) >= 11 is 0. The highest BCUT2D eigenvalue weighted by Gasteiger charge is 2.58. The van der Waals surface area contributed by atoms with Crippen molar-refractivity contribution in [3.8, 4) is 0 Å². The van der Waals surface area contributed by atoms with Crippen molar-refractivity contribution in [2.24, 2.45) is 0 Å². The molecule has 0 amide bonds. The van der Waals surface area contributed by atoms with Crippen LogP contribution in [0.25, 0.3) is 0 Å². The molecule has 0 radical (unpaired) electrons. The van der Waals surface area contributed by atoms with Crippen LogP contribution >= 0.6 is 0 Å². The molecule has 0 aromatic heterocycles. The summed E-state index contributed by atoms with van der Waals surface area (Å²) < 4.78 is 61.6. The van der Waals surface area contributed by atoms with E-state index in [4.69, 9.17) is 52.1 Å². The van der Waals surface area contributed by atoms with E-state index in [1.807, 2.05) is 0 Å². The second-order valence-corrected chi connectivity index (χ2v) is 17.3. The molecule has 6 aliphatic heterocycles. The Morgan fingerprint density at radius 1 is 0.319 bits per heavy atom. The van der Waals surface area contributed by atoms with E-state index in [0.717, 1.165) is 0 Å². The van der Waals surface area contributed by atoms with Crippen LogP contribution in [0.3, 0.4) is 0 Å². The molecule has 0 aliphatic carbocycles. The number of hydrogen-bond acceptors (Lipinski definition) is 32.